The topological polar surface area (TPSA) is 53.6 Å². The number of hydrogen-bond donors (Lipinski definition) is 2. The van der Waals surface area contributed by atoms with Crippen molar-refractivity contribution in [3.05, 3.63) is 65.0 Å². The molecule has 2 fully saturated rings. The summed E-state index contributed by atoms with van der Waals surface area (Å²) < 4.78 is 21.1. The van der Waals surface area contributed by atoms with Crippen molar-refractivity contribution < 1.29 is 13.9 Å². The van der Waals surface area contributed by atoms with E-state index in [0.717, 1.165) is 43.6 Å². The minimum atomic E-state index is -0.288. The van der Waals surface area contributed by atoms with Crippen LogP contribution in [0, 0.1) is 5.82 Å². The Morgan fingerprint density at radius 1 is 1.27 bits per heavy atom. The second-order valence-corrected chi connectivity index (χ2v) is 8.38. The van der Waals surface area contributed by atoms with Crippen molar-refractivity contribution in [3.63, 3.8) is 0 Å². The average molecular weight is 412 g/mol. The van der Waals surface area contributed by atoms with Crippen LogP contribution in [0.4, 0.5) is 4.39 Å². The van der Waals surface area contributed by atoms with E-state index in [2.05, 4.69) is 22.5 Å². The second kappa shape index (κ2) is 9.14. The average Bonchev–Trinajstić information content (AvgIpc) is 3.58. The van der Waals surface area contributed by atoms with Gasteiger partial charge < -0.3 is 15.4 Å². The largest absolute Gasteiger partial charge is 0.484 e. The van der Waals surface area contributed by atoms with Crippen LogP contribution in [-0.2, 0) is 0 Å². The van der Waals surface area contributed by atoms with Crippen LogP contribution in [0.25, 0.3) is 0 Å². The number of benzene rings is 2. The molecule has 2 aromatic carbocycles. The maximum absolute atomic E-state index is 14.7. The number of rotatable bonds is 7. The highest BCUT2D eigenvalue weighted by Crippen LogP contribution is 2.41. The number of amides is 1. The van der Waals surface area contributed by atoms with Crippen molar-refractivity contribution in [1.82, 2.24) is 15.5 Å². The molecule has 30 heavy (non-hydrogen) atoms. The normalized spacial score (nSPS) is 20.6. The predicted molar refractivity (Wildman–Crippen MR) is 115 cm³/mol. The summed E-state index contributed by atoms with van der Waals surface area (Å²) in [6, 6.07) is 13.1. The van der Waals surface area contributed by atoms with Crippen molar-refractivity contribution in [2.75, 3.05) is 33.2 Å². The molecule has 2 atom stereocenters. The van der Waals surface area contributed by atoms with Gasteiger partial charge in [-0.3, -0.25) is 9.69 Å². The van der Waals surface area contributed by atoms with Gasteiger partial charge in [0.25, 0.3) is 5.91 Å². The highest BCUT2D eigenvalue weighted by Gasteiger charge is 2.28. The summed E-state index contributed by atoms with van der Waals surface area (Å²) >= 11 is 0. The van der Waals surface area contributed by atoms with E-state index in [4.69, 9.17) is 4.74 Å². The molecule has 1 saturated carbocycles. The molecule has 2 aromatic rings. The minimum Gasteiger partial charge on any atom is -0.484 e. The first-order valence-electron chi connectivity index (χ1n) is 10.8. The molecule has 5 nitrogen and oxygen atoms in total. The maximum atomic E-state index is 14.7. The molecule has 2 N–H and O–H groups in total. The molecule has 1 unspecified atom stereocenters. The van der Waals surface area contributed by atoms with E-state index in [9.17, 15) is 9.18 Å². The van der Waals surface area contributed by atoms with Crippen LogP contribution in [0.3, 0.4) is 0 Å². The van der Waals surface area contributed by atoms with E-state index in [0.29, 0.717) is 29.8 Å². The summed E-state index contributed by atoms with van der Waals surface area (Å²) in [5, 5.41) is 6.07. The number of halogens is 1. The molecule has 1 amide bonds. The third-order valence-corrected chi connectivity index (χ3v) is 5.91. The molecular formula is C24H30FN3O2. The Kier molecular flexibility index (Phi) is 6.35. The Balaban J connectivity index is 1.55. The van der Waals surface area contributed by atoms with Crippen LogP contribution in [0.5, 0.6) is 5.75 Å². The zero-order valence-electron chi connectivity index (χ0n) is 17.7. The number of nitrogens with zero attached hydrogens (tertiary/aromatic N) is 1. The number of nitrogens with one attached hydrogen (secondary N) is 2. The lowest BCUT2D eigenvalue weighted by molar-refractivity contribution is 0.0963. The fourth-order valence-corrected chi connectivity index (χ4v) is 4.09. The van der Waals surface area contributed by atoms with Crippen molar-refractivity contribution in [3.8, 4) is 5.75 Å². The van der Waals surface area contributed by atoms with E-state index in [1.807, 2.05) is 12.1 Å². The molecule has 1 aliphatic carbocycles. The van der Waals surface area contributed by atoms with Gasteiger partial charge in [-0.2, -0.15) is 0 Å². The predicted octanol–water partition coefficient (Wildman–Crippen LogP) is 3.48. The van der Waals surface area contributed by atoms with Gasteiger partial charge in [-0.1, -0.05) is 12.1 Å². The number of piperazine rings is 1. The molecule has 0 radical (unpaired) electrons. The van der Waals surface area contributed by atoms with Gasteiger partial charge in [-0.05, 0) is 67.1 Å². The van der Waals surface area contributed by atoms with Crippen LogP contribution in [0.15, 0.2) is 42.5 Å². The Hall–Kier alpha value is -2.44. The zero-order chi connectivity index (χ0) is 21.1. The third kappa shape index (κ3) is 4.99. The number of carbonyl (C=O) groups is 1. The number of carbonyl (C=O) groups excluding carboxylic acids is 1. The standard InChI is InChI=1S/C24H30FN3O2/c1-16-14-28(12-11-27-16)15-23(19-7-10-21(17-3-4-17)22(25)13-19)30-20-8-5-18(6-9-20)24(29)26-2/h5-10,13,16-17,23,27H,3-4,11-12,14-15H2,1-2H3,(H,26,29)/t16-,23?/m1/s1. The van der Waals surface area contributed by atoms with Gasteiger partial charge in [0.2, 0.25) is 0 Å². The van der Waals surface area contributed by atoms with E-state index in [-0.39, 0.29) is 17.8 Å². The lowest BCUT2D eigenvalue weighted by Crippen LogP contribution is -2.50. The molecule has 6 heteroatoms. The molecule has 1 heterocycles. The van der Waals surface area contributed by atoms with Crippen molar-refractivity contribution in [1.29, 1.82) is 0 Å². The number of hydrogen-bond acceptors (Lipinski definition) is 4. The van der Waals surface area contributed by atoms with E-state index >= 15 is 0 Å². The molecule has 160 valence electrons. The summed E-state index contributed by atoms with van der Waals surface area (Å²) in [6.07, 6.45) is 1.86. The first-order chi connectivity index (χ1) is 14.5. The van der Waals surface area contributed by atoms with E-state index in [1.54, 1.807) is 37.4 Å². The summed E-state index contributed by atoms with van der Waals surface area (Å²) in [4.78, 5) is 14.1. The Bertz CT molecular complexity index is 883. The highest BCUT2D eigenvalue weighted by atomic mass is 19.1. The Morgan fingerprint density at radius 2 is 2.03 bits per heavy atom. The Labute approximate surface area is 177 Å². The molecule has 1 saturated heterocycles. The van der Waals surface area contributed by atoms with Gasteiger partial charge in [-0.25, -0.2) is 4.39 Å². The quantitative estimate of drug-likeness (QED) is 0.733. The van der Waals surface area contributed by atoms with E-state index < -0.39 is 0 Å². The van der Waals surface area contributed by atoms with Crippen molar-refractivity contribution >= 4 is 5.91 Å². The SMILES string of the molecule is CNC(=O)c1ccc(OC(CN2CCN[C@H](C)C2)c2ccc(C3CC3)c(F)c2)cc1. The maximum Gasteiger partial charge on any atom is 0.251 e. The molecule has 0 spiro atoms. The second-order valence-electron chi connectivity index (χ2n) is 8.38. The van der Waals surface area contributed by atoms with Gasteiger partial charge in [0.05, 0.1) is 0 Å². The van der Waals surface area contributed by atoms with Crippen LogP contribution < -0.4 is 15.4 Å². The molecule has 4 rings (SSSR count). The molecule has 2 aliphatic rings. The first-order valence-corrected chi connectivity index (χ1v) is 10.8. The molecule has 0 bridgehead atoms. The minimum absolute atomic E-state index is 0.132. The van der Waals surface area contributed by atoms with Crippen LogP contribution in [-0.4, -0.2) is 50.1 Å². The lowest BCUT2D eigenvalue weighted by atomic mass is 10.0. The van der Waals surface area contributed by atoms with Crippen molar-refractivity contribution in [2.24, 2.45) is 0 Å². The molecule has 0 aromatic heterocycles. The number of ether oxygens (including phenoxy) is 1. The monoisotopic (exact) mass is 411 g/mol. The summed E-state index contributed by atoms with van der Waals surface area (Å²) in [5.74, 6) is 0.782. The van der Waals surface area contributed by atoms with Crippen LogP contribution >= 0.6 is 0 Å². The van der Waals surface area contributed by atoms with Gasteiger partial charge >= 0.3 is 0 Å². The summed E-state index contributed by atoms with van der Waals surface area (Å²) in [7, 11) is 1.61. The van der Waals surface area contributed by atoms with Gasteiger partial charge in [0.15, 0.2) is 0 Å². The smallest absolute Gasteiger partial charge is 0.251 e. The fourth-order valence-electron chi connectivity index (χ4n) is 4.09. The first kappa shape index (κ1) is 20.8. The van der Waals surface area contributed by atoms with E-state index in [1.165, 1.54) is 0 Å². The van der Waals surface area contributed by atoms with Crippen molar-refractivity contribution in [2.45, 2.75) is 37.8 Å². The Morgan fingerprint density at radius 3 is 2.67 bits per heavy atom. The van der Waals surface area contributed by atoms with Crippen LogP contribution in [0.1, 0.15) is 53.3 Å². The van der Waals surface area contributed by atoms with Crippen LogP contribution in [0.2, 0.25) is 0 Å². The summed E-state index contributed by atoms with van der Waals surface area (Å²) in [5.41, 5.74) is 2.25. The van der Waals surface area contributed by atoms with Gasteiger partial charge in [-0.15, -0.1) is 0 Å². The lowest BCUT2D eigenvalue weighted by Gasteiger charge is -2.34. The van der Waals surface area contributed by atoms with Gasteiger partial charge in [0.1, 0.15) is 17.7 Å². The summed E-state index contributed by atoms with van der Waals surface area (Å²) in [6.45, 7) is 5.65. The zero-order valence-corrected chi connectivity index (χ0v) is 17.7. The highest BCUT2D eigenvalue weighted by molar-refractivity contribution is 5.94. The fraction of sp³-hybridized carbons (Fsp3) is 0.458. The van der Waals surface area contributed by atoms with Gasteiger partial charge in [0, 0.05) is 44.8 Å². The molecule has 1 aliphatic heterocycles. The third-order valence-electron chi connectivity index (χ3n) is 5.91. The molecular weight excluding hydrogens is 381 g/mol.